The normalized spacial score (nSPS) is 14.0. The highest BCUT2D eigenvalue weighted by atomic mass is 31.2. The van der Waals surface area contributed by atoms with Crippen molar-refractivity contribution in [2.24, 2.45) is 11.8 Å². The number of esters is 4. The third-order valence-corrected chi connectivity index (χ3v) is 20.1. The van der Waals surface area contributed by atoms with Crippen molar-refractivity contribution in [2.75, 3.05) is 39.6 Å². The lowest BCUT2D eigenvalue weighted by molar-refractivity contribution is -0.161. The van der Waals surface area contributed by atoms with Crippen LogP contribution in [0, 0.1) is 11.8 Å². The molecule has 5 atom stereocenters. The van der Waals surface area contributed by atoms with Crippen molar-refractivity contribution in [1.29, 1.82) is 0 Å². The van der Waals surface area contributed by atoms with Crippen LogP contribution in [0.25, 0.3) is 0 Å². The maximum Gasteiger partial charge on any atom is 0.472 e. The first-order chi connectivity index (χ1) is 46.9. The molecule has 17 nitrogen and oxygen atoms in total. The number of hydrogen-bond acceptors (Lipinski definition) is 15. The van der Waals surface area contributed by atoms with Crippen molar-refractivity contribution < 1.29 is 80.2 Å². The third kappa shape index (κ3) is 72.2. The van der Waals surface area contributed by atoms with Gasteiger partial charge in [-0.25, -0.2) is 9.13 Å². The van der Waals surface area contributed by atoms with Crippen LogP contribution in [-0.4, -0.2) is 96.7 Å². The molecule has 0 bridgehead atoms. The van der Waals surface area contributed by atoms with Crippen molar-refractivity contribution >= 4 is 39.5 Å². The monoisotopic (exact) mass is 1420 g/mol. The van der Waals surface area contributed by atoms with E-state index in [0.717, 1.165) is 102 Å². The average molecular weight is 1420 g/mol. The van der Waals surface area contributed by atoms with Crippen molar-refractivity contribution in [3.63, 3.8) is 0 Å². The molecule has 0 radical (unpaired) electrons. The maximum absolute atomic E-state index is 13.1. The molecule has 0 heterocycles. The Morgan fingerprint density at radius 1 is 0.278 bits per heavy atom. The van der Waals surface area contributed by atoms with Crippen LogP contribution in [0.4, 0.5) is 0 Å². The molecule has 0 aromatic rings. The van der Waals surface area contributed by atoms with Gasteiger partial charge in [0, 0.05) is 25.7 Å². The van der Waals surface area contributed by atoms with Gasteiger partial charge in [0.15, 0.2) is 12.2 Å². The number of hydrogen-bond donors (Lipinski definition) is 3. The van der Waals surface area contributed by atoms with E-state index in [9.17, 15) is 43.2 Å². The minimum absolute atomic E-state index is 0.106. The van der Waals surface area contributed by atoms with Gasteiger partial charge in [-0.15, -0.1) is 0 Å². The van der Waals surface area contributed by atoms with E-state index in [2.05, 4.69) is 41.5 Å². The molecule has 0 rings (SSSR count). The summed E-state index contributed by atoms with van der Waals surface area (Å²) < 4.78 is 68.5. The van der Waals surface area contributed by atoms with Crippen LogP contribution in [-0.2, 0) is 65.4 Å². The van der Waals surface area contributed by atoms with Crippen LogP contribution in [0.15, 0.2) is 0 Å². The Kier molecular flexibility index (Phi) is 68.4. The molecule has 0 spiro atoms. The van der Waals surface area contributed by atoms with Crippen LogP contribution in [0.5, 0.6) is 0 Å². The molecule has 576 valence electrons. The molecular formula is C78H152O17P2. The van der Waals surface area contributed by atoms with E-state index in [1.54, 1.807) is 0 Å². The Morgan fingerprint density at radius 3 is 0.701 bits per heavy atom. The number of aliphatic hydroxyl groups is 1. The molecular weight excluding hydrogens is 1270 g/mol. The van der Waals surface area contributed by atoms with E-state index in [4.69, 9.17) is 37.0 Å². The van der Waals surface area contributed by atoms with Gasteiger partial charge in [-0.2, -0.15) is 0 Å². The zero-order valence-corrected chi connectivity index (χ0v) is 65.2. The summed E-state index contributed by atoms with van der Waals surface area (Å²) in [4.78, 5) is 72.7. The summed E-state index contributed by atoms with van der Waals surface area (Å²) in [6.45, 7) is 9.64. The number of phosphoric ester groups is 2. The first kappa shape index (κ1) is 95.1. The molecule has 2 unspecified atom stereocenters. The Bertz CT molecular complexity index is 1870. The summed E-state index contributed by atoms with van der Waals surface area (Å²) in [6.07, 6.45) is 58.4. The molecule has 3 N–H and O–H groups in total. The summed E-state index contributed by atoms with van der Waals surface area (Å²) >= 11 is 0. The van der Waals surface area contributed by atoms with Crippen LogP contribution in [0.3, 0.4) is 0 Å². The lowest BCUT2D eigenvalue weighted by atomic mass is 10.0. The second-order valence-corrected chi connectivity index (χ2v) is 32.0. The number of phosphoric acid groups is 2. The van der Waals surface area contributed by atoms with Gasteiger partial charge in [-0.1, -0.05) is 356 Å². The zero-order valence-electron chi connectivity index (χ0n) is 63.4. The average Bonchev–Trinajstić information content (AvgIpc) is 1.16. The van der Waals surface area contributed by atoms with Crippen LogP contribution in [0.1, 0.15) is 408 Å². The maximum atomic E-state index is 13.1. The first-order valence-corrected chi connectivity index (χ1v) is 43.5. The molecule has 0 saturated heterocycles. The molecule has 0 fully saturated rings. The summed E-state index contributed by atoms with van der Waals surface area (Å²) in [7, 11) is -9.91. The highest BCUT2D eigenvalue weighted by molar-refractivity contribution is 7.47. The Balaban J connectivity index is 5.17. The molecule has 0 aromatic heterocycles. The molecule has 0 amide bonds. The Morgan fingerprint density at radius 2 is 0.474 bits per heavy atom. The van der Waals surface area contributed by atoms with Gasteiger partial charge in [0.1, 0.15) is 19.3 Å². The number of rotatable bonds is 77. The largest absolute Gasteiger partial charge is 0.472 e. The van der Waals surface area contributed by atoms with E-state index >= 15 is 0 Å². The van der Waals surface area contributed by atoms with Crippen LogP contribution >= 0.6 is 15.6 Å². The number of carbonyl (C=O) groups excluding carboxylic acids is 4. The molecule has 97 heavy (non-hydrogen) atoms. The highest BCUT2D eigenvalue weighted by Crippen LogP contribution is 2.45. The quantitative estimate of drug-likeness (QED) is 0.0222. The minimum Gasteiger partial charge on any atom is -0.462 e. The van der Waals surface area contributed by atoms with Gasteiger partial charge in [0.05, 0.1) is 26.4 Å². The van der Waals surface area contributed by atoms with Gasteiger partial charge >= 0.3 is 39.5 Å². The fraction of sp³-hybridized carbons (Fsp3) is 0.949. The van der Waals surface area contributed by atoms with E-state index in [-0.39, 0.29) is 25.7 Å². The lowest BCUT2D eigenvalue weighted by Crippen LogP contribution is -2.30. The second-order valence-electron chi connectivity index (χ2n) is 29.1. The molecule has 0 aliphatic heterocycles. The van der Waals surface area contributed by atoms with E-state index in [0.29, 0.717) is 25.7 Å². The fourth-order valence-corrected chi connectivity index (χ4v) is 13.6. The van der Waals surface area contributed by atoms with Gasteiger partial charge in [-0.3, -0.25) is 37.3 Å². The molecule has 0 saturated carbocycles. The number of aliphatic hydroxyl groups excluding tert-OH is 1. The summed E-state index contributed by atoms with van der Waals surface area (Å²) in [5.74, 6) is -0.489. The van der Waals surface area contributed by atoms with Gasteiger partial charge in [-0.05, 0) is 37.5 Å². The van der Waals surface area contributed by atoms with Gasteiger partial charge in [0.2, 0.25) is 0 Å². The van der Waals surface area contributed by atoms with E-state index in [1.807, 2.05) is 0 Å². The summed E-state index contributed by atoms with van der Waals surface area (Å²) in [6, 6.07) is 0. The Hall–Kier alpha value is -1.94. The number of unbranched alkanes of at least 4 members (excludes halogenated alkanes) is 47. The molecule has 0 aliphatic carbocycles. The topological polar surface area (TPSA) is 237 Å². The Labute approximate surface area is 594 Å². The zero-order chi connectivity index (χ0) is 71.4. The standard InChI is InChI=1S/C78H152O17P2/c1-7-9-11-13-15-34-42-48-54-60-75(80)88-66-73(94-77(82)62-56-50-44-35-16-14-12-10-8-2)68-92-96(84,85)90-64-72(79)65-91-97(86,87)93-69-74(67-89-76(81)61-55-49-43-38-32-28-25-21-23-27-31-37-41-47-53-59-71(5)6)95-78(83)63-57-51-45-39-33-29-24-20-18-17-19-22-26-30-36-40-46-52-58-70(3)4/h70-74,79H,7-69H2,1-6H3,(H,84,85)(H,86,87)/t72-,73+,74+/m0/s1. The SMILES string of the molecule is CCCCCCCCCCCC(=O)OC[C@H](COP(=O)(O)OC[C@H](O)COP(=O)(O)OC[C@@H](COC(=O)CCCCCCCCCCCCCCCCCC(C)C)OC(=O)CCCCCCCCCCCCCCCCCCCCC(C)C)OC(=O)CCCCCCCCCCC. The van der Waals surface area contributed by atoms with E-state index in [1.165, 1.54) is 225 Å². The van der Waals surface area contributed by atoms with E-state index < -0.39 is 97.5 Å². The van der Waals surface area contributed by atoms with Crippen molar-refractivity contribution in [3.8, 4) is 0 Å². The molecule has 0 aromatic carbocycles. The summed E-state index contributed by atoms with van der Waals surface area (Å²) in [5, 5.41) is 10.6. The smallest absolute Gasteiger partial charge is 0.462 e. The summed E-state index contributed by atoms with van der Waals surface area (Å²) in [5.41, 5.74) is 0. The van der Waals surface area contributed by atoms with Crippen LogP contribution in [0.2, 0.25) is 0 Å². The predicted octanol–water partition coefficient (Wildman–Crippen LogP) is 23.1. The minimum atomic E-state index is -4.96. The van der Waals surface area contributed by atoms with Gasteiger partial charge < -0.3 is 33.8 Å². The number of carbonyl (C=O) groups is 4. The van der Waals surface area contributed by atoms with Crippen molar-refractivity contribution in [3.05, 3.63) is 0 Å². The van der Waals surface area contributed by atoms with Crippen molar-refractivity contribution in [1.82, 2.24) is 0 Å². The van der Waals surface area contributed by atoms with Gasteiger partial charge in [0.25, 0.3) is 0 Å². The number of ether oxygens (including phenoxy) is 4. The lowest BCUT2D eigenvalue weighted by Gasteiger charge is -2.21. The third-order valence-electron chi connectivity index (χ3n) is 18.2. The van der Waals surface area contributed by atoms with Crippen molar-refractivity contribution in [2.45, 2.75) is 426 Å². The predicted molar refractivity (Wildman–Crippen MR) is 395 cm³/mol. The van der Waals surface area contributed by atoms with Crippen LogP contribution < -0.4 is 0 Å². The fourth-order valence-electron chi connectivity index (χ4n) is 12.0. The first-order valence-electron chi connectivity index (χ1n) is 40.5. The second kappa shape index (κ2) is 69.8. The molecule has 0 aliphatic rings. The molecule has 19 heteroatoms. The highest BCUT2D eigenvalue weighted by Gasteiger charge is 2.30.